The quantitative estimate of drug-likeness (QED) is 0.930. The number of piperidine rings is 1. The predicted octanol–water partition coefficient (Wildman–Crippen LogP) is 2.52. The minimum absolute atomic E-state index is 0.239. The van der Waals surface area contributed by atoms with E-state index in [4.69, 9.17) is 5.11 Å². The van der Waals surface area contributed by atoms with Crippen molar-refractivity contribution in [3.8, 4) is 5.75 Å². The van der Waals surface area contributed by atoms with Crippen LogP contribution >= 0.6 is 0 Å². The molecule has 1 amide bonds. The maximum Gasteiger partial charge on any atom is 0.573 e. The van der Waals surface area contributed by atoms with E-state index in [1.54, 1.807) is 0 Å². The molecule has 0 bridgehead atoms. The molecule has 0 aliphatic carbocycles. The zero-order valence-corrected chi connectivity index (χ0v) is 11.5. The molecule has 1 fully saturated rings. The zero-order valence-electron chi connectivity index (χ0n) is 11.5. The average molecular weight is 317 g/mol. The minimum atomic E-state index is -4.77. The highest BCUT2D eigenvalue weighted by atomic mass is 19.4. The first-order valence-electron chi connectivity index (χ1n) is 6.64. The van der Waals surface area contributed by atoms with Crippen LogP contribution < -0.4 is 4.74 Å². The summed E-state index contributed by atoms with van der Waals surface area (Å²) in [6.07, 6.45) is -4.03. The molecule has 0 aromatic heterocycles. The number of hydrogen-bond donors (Lipinski definition) is 1. The maximum atomic E-state index is 12.2. The van der Waals surface area contributed by atoms with Crippen LogP contribution in [0, 0.1) is 5.92 Å². The second-order valence-electron chi connectivity index (χ2n) is 4.98. The van der Waals surface area contributed by atoms with Crippen molar-refractivity contribution >= 4 is 11.9 Å². The summed E-state index contributed by atoms with van der Waals surface area (Å²) in [5.41, 5.74) is 0.239. The van der Waals surface area contributed by atoms with Gasteiger partial charge in [-0.1, -0.05) is 0 Å². The SMILES string of the molecule is O=C(O)C1CCN(C(=O)c2ccc(OC(F)(F)F)cc2)CC1. The summed E-state index contributed by atoms with van der Waals surface area (Å²) in [5, 5.41) is 8.89. The van der Waals surface area contributed by atoms with Crippen molar-refractivity contribution in [1.29, 1.82) is 0 Å². The smallest absolute Gasteiger partial charge is 0.481 e. The first kappa shape index (κ1) is 16.1. The van der Waals surface area contributed by atoms with E-state index in [0.29, 0.717) is 25.9 Å². The number of aliphatic carboxylic acids is 1. The summed E-state index contributed by atoms with van der Waals surface area (Å²) in [6.45, 7) is 0.632. The molecular formula is C14H14F3NO4. The van der Waals surface area contributed by atoms with Gasteiger partial charge in [-0.25, -0.2) is 0 Å². The van der Waals surface area contributed by atoms with Gasteiger partial charge >= 0.3 is 12.3 Å². The predicted molar refractivity (Wildman–Crippen MR) is 69.4 cm³/mol. The summed E-state index contributed by atoms with van der Waals surface area (Å²) in [6, 6.07) is 4.66. The highest BCUT2D eigenvalue weighted by Crippen LogP contribution is 2.24. The highest BCUT2D eigenvalue weighted by molar-refractivity contribution is 5.94. The van der Waals surface area contributed by atoms with Crippen LogP contribution in [-0.4, -0.2) is 41.3 Å². The van der Waals surface area contributed by atoms with E-state index in [9.17, 15) is 22.8 Å². The molecule has 0 spiro atoms. The van der Waals surface area contributed by atoms with Crippen molar-refractivity contribution in [3.05, 3.63) is 29.8 Å². The van der Waals surface area contributed by atoms with Crippen LogP contribution in [0.4, 0.5) is 13.2 Å². The van der Waals surface area contributed by atoms with Crippen LogP contribution in [0.1, 0.15) is 23.2 Å². The number of amides is 1. The van der Waals surface area contributed by atoms with Gasteiger partial charge in [0.2, 0.25) is 0 Å². The van der Waals surface area contributed by atoms with E-state index in [1.807, 2.05) is 0 Å². The van der Waals surface area contributed by atoms with Gasteiger partial charge in [0.05, 0.1) is 5.92 Å². The molecule has 0 radical (unpaired) electrons. The molecule has 5 nitrogen and oxygen atoms in total. The molecule has 2 rings (SSSR count). The third kappa shape index (κ3) is 4.12. The van der Waals surface area contributed by atoms with Gasteiger partial charge in [0.25, 0.3) is 5.91 Å². The molecule has 1 aromatic carbocycles. The first-order chi connectivity index (χ1) is 10.3. The van der Waals surface area contributed by atoms with Gasteiger partial charge in [-0.05, 0) is 37.1 Å². The fourth-order valence-corrected chi connectivity index (χ4v) is 2.31. The molecule has 1 aromatic rings. The van der Waals surface area contributed by atoms with E-state index in [2.05, 4.69) is 4.74 Å². The van der Waals surface area contributed by atoms with E-state index in [-0.39, 0.29) is 11.5 Å². The van der Waals surface area contributed by atoms with Gasteiger partial charge in [-0.2, -0.15) is 0 Å². The lowest BCUT2D eigenvalue weighted by Crippen LogP contribution is -2.40. The van der Waals surface area contributed by atoms with Crippen LogP contribution in [0.5, 0.6) is 5.75 Å². The van der Waals surface area contributed by atoms with Crippen molar-refractivity contribution in [2.45, 2.75) is 19.2 Å². The lowest BCUT2D eigenvalue weighted by Gasteiger charge is -2.30. The summed E-state index contributed by atoms with van der Waals surface area (Å²) in [5.74, 6) is -2.05. The molecule has 1 aliphatic rings. The van der Waals surface area contributed by atoms with Gasteiger partial charge in [0.15, 0.2) is 0 Å². The number of halogens is 3. The first-order valence-corrected chi connectivity index (χ1v) is 6.64. The van der Waals surface area contributed by atoms with Crippen molar-refractivity contribution in [1.82, 2.24) is 4.90 Å². The van der Waals surface area contributed by atoms with Crippen LogP contribution in [-0.2, 0) is 4.79 Å². The maximum absolute atomic E-state index is 12.2. The highest BCUT2D eigenvalue weighted by Gasteiger charge is 2.31. The molecular weight excluding hydrogens is 303 g/mol. The third-order valence-corrected chi connectivity index (χ3v) is 3.47. The van der Waals surface area contributed by atoms with Crippen molar-refractivity contribution in [2.75, 3.05) is 13.1 Å². The number of carboxylic acids is 1. The second-order valence-corrected chi connectivity index (χ2v) is 4.98. The number of hydrogen-bond acceptors (Lipinski definition) is 3. The van der Waals surface area contributed by atoms with Crippen molar-refractivity contribution in [3.63, 3.8) is 0 Å². The summed E-state index contributed by atoms with van der Waals surface area (Å²) in [4.78, 5) is 24.5. The Morgan fingerprint density at radius 2 is 1.68 bits per heavy atom. The van der Waals surface area contributed by atoms with Crippen molar-refractivity contribution < 1.29 is 32.6 Å². The third-order valence-electron chi connectivity index (χ3n) is 3.47. The summed E-state index contributed by atoms with van der Waals surface area (Å²) >= 11 is 0. The summed E-state index contributed by atoms with van der Waals surface area (Å²) < 4.78 is 39.9. The molecule has 8 heteroatoms. The molecule has 1 N–H and O–H groups in total. The monoisotopic (exact) mass is 317 g/mol. The number of nitrogens with zero attached hydrogens (tertiary/aromatic N) is 1. The average Bonchev–Trinajstić information content (AvgIpc) is 2.46. The molecule has 1 aliphatic heterocycles. The Hall–Kier alpha value is -2.25. The Morgan fingerprint density at radius 3 is 2.14 bits per heavy atom. The van der Waals surface area contributed by atoms with Gasteiger partial charge in [0.1, 0.15) is 5.75 Å². The van der Waals surface area contributed by atoms with Gasteiger partial charge in [-0.3, -0.25) is 9.59 Å². The van der Waals surface area contributed by atoms with E-state index >= 15 is 0 Å². The lowest BCUT2D eigenvalue weighted by atomic mass is 9.96. The van der Waals surface area contributed by atoms with Crippen LogP contribution in [0.2, 0.25) is 0 Å². The van der Waals surface area contributed by atoms with Crippen molar-refractivity contribution in [2.24, 2.45) is 5.92 Å². The molecule has 0 atom stereocenters. The Morgan fingerprint density at radius 1 is 1.14 bits per heavy atom. The van der Waals surface area contributed by atoms with E-state index in [1.165, 1.54) is 17.0 Å². The topological polar surface area (TPSA) is 66.8 Å². The number of benzene rings is 1. The van der Waals surface area contributed by atoms with Crippen LogP contribution in [0.3, 0.4) is 0 Å². The van der Waals surface area contributed by atoms with Crippen LogP contribution in [0.15, 0.2) is 24.3 Å². The zero-order chi connectivity index (χ0) is 16.3. The van der Waals surface area contributed by atoms with Gasteiger partial charge < -0.3 is 14.7 Å². The largest absolute Gasteiger partial charge is 0.573 e. The fourth-order valence-electron chi connectivity index (χ4n) is 2.31. The van der Waals surface area contributed by atoms with Gasteiger partial charge in [-0.15, -0.1) is 13.2 Å². The number of rotatable bonds is 3. The molecule has 120 valence electrons. The standard InChI is InChI=1S/C14H14F3NO4/c15-14(16,17)22-11-3-1-9(2-4-11)12(19)18-7-5-10(6-8-18)13(20)21/h1-4,10H,5-8H2,(H,20,21). The summed E-state index contributed by atoms with van der Waals surface area (Å²) in [7, 11) is 0. The number of ether oxygens (including phenoxy) is 1. The number of carboxylic acid groups (broad SMARTS) is 1. The van der Waals surface area contributed by atoms with E-state index < -0.39 is 24.0 Å². The minimum Gasteiger partial charge on any atom is -0.481 e. The molecule has 0 unspecified atom stereocenters. The number of carbonyl (C=O) groups excluding carboxylic acids is 1. The number of carbonyl (C=O) groups is 2. The second kappa shape index (κ2) is 6.25. The van der Waals surface area contributed by atoms with Crippen LogP contribution in [0.25, 0.3) is 0 Å². The fraction of sp³-hybridized carbons (Fsp3) is 0.429. The molecule has 22 heavy (non-hydrogen) atoms. The Kier molecular flexibility index (Phi) is 4.58. The normalized spacial score (nSPS) is 16.4. The Balaban J connectivity index is 1.97. The molecule has 1 heterocycles. The van der Waals surface area contributed by atoms with E-state index in [0.717, 1.165) is 12.1 Å². The lowest BCUT2D eigenvalue weighted by molar-refractivity contribution is -0.274. The molecule has 0 saturated carbocycles. The molecule has 1 saturated heterocycles. The number of likely N-dealkylation sites (tertiary alicyclic amines) is 1. The number of alkyl halides is 3. The Labute approximate surface area is 124 Å². The Bertz CT molecular complexity index is 548. The van der Waals surface area contributed by atoms with Gasteiger partial charge in [0, 0.05) is 18.7 Å².